The van der Waals surface area contributed by atoms with Gasteiger partial charge in [0.25, 0.3) is 0 Å². The van der Waals surface area contributed by atoms with E-state index in [9.17, 15) is 4.39 Å². The van der Waals surface area contributed by atoms with Gasteiger partial charge in [-0.25, -0.2) is 24.3 Å². The summed E-state index contributed by atoms with van der Waals surface area (Å²) in [5.74, 6) is 1.72. The van der Waals surface area contributed by atoms with Gasteiger partial charge in [0.15, 0.2) is 0 Å². The third-order valence-electron chi connectivity index (χ3n) is 7.12. The normalized spacial score (nSPS) is 14.6. The summed E-state index contributed by atoms with van der Waals surface area (Å²) in [6.45, 7) is 0.417. The molecular weight excluding hydrogens is 493 g/mol. The molecule has 192 valence electrons. The fourth-order valence-corrected chi connectivity index (χ4v) is 5.26. The van der Waals surface area contributed by atoms with Crippen LogP contribution in [0.25, 0.3) is 44.5 Å². The van der Waals surface area contributed by atoms with Crippen LogP contribution < -0.4 is 10.1 Å². The molecule has 0 aliphatic carbocycles. The number of nitrogens with one attached hydrogen (secondary N) is 1. The molecule has 1 unspecified atom stereocenters. The zero-order valence-electron chi connectivity index (χ0n) is 21.2. The first-order chi connectivity index (χ1) is 19.2. The molecule has 1 aliphatic rings. The Labute approximate surface area is 223 Å². The van der Waals surface area contributed by atoms with E-state index in [1.807, 2.05) is 30.3 Å². The van der Waals surface area contributed by atoms with Crippen LogP contribution in [0.15, 0.2) is 79.1 Å². The second kappa shape index (κ2) is 9.43. The maximum absolute atomic E-state index is 13.7. The summed E-state index contributed by atoms with van der Waals surface area (Å²) in [7, 11) is 1.78. The molecule has 0 spiro atoms. The highest BCUT2D eigenvalue weighted by Gasteiger charge is 2.31. The third-order valence-corrected chi connectivity index (χ3v) is 7.12. The van der Waals surface area contributed by atoms with Crippen LogP contribution in [0.1, 0.15) is 18.3 Å². The predicted molar refractivity (Wildman–Crippen MR) is 148 cm³/mol. The summed E-state index contributed by atoms with van der Waals surface area (Å²) < 4.78 is 22.2. The first kappa shape index (κ1) is 23.2. The number of nitrogens with zero attached hydrogens (tertiary/aromatic N) is 6. The molecule has 2 aromatic carbocycles. The van der Waals surface area contributed by atoms with Crippen LogP contribution in [-0.4, -0.2) is 43.1 Å². The van der Waals surface area contributed by atoms with Gasteiger partial charge in [-0.15, -0.1) is 0 Å². The molecule has 0 saturated carbocycles. The van der Waals surface area contributed by atoms with E-state index >= 15 is 0 Å². The SMILES string of the molecule is CNc1nccc(-c2c(-c3ccc(F)cc3)nc3n2C(COc2ccc4ccc5cccnc5c4n2)CC3)n1. The Bertz CT molecular complexity index is 1830. The molecule has 0 fully saturated rings. The first-order valence-electron chi connectivity index (χ1n) is 12.8. The van der Waals surface area contributed by atoms with Gasteiger partial charge >= 0.3 is 0 Å². The number of benzene rings is 2. The minimum atomic E-state index is -0.288. The van der Waals surface area contributed by atoms with Gasteiger partial charge in [0.1, 0.15) is 23.8 Å². The molecule has 7 rings (SSSR count). The fourth-order valence-electron chi connectivity index (χ4n) is 5.26. The number of pyridine rings is 2. The van der Waals surface area contributed by atoms with E-state index in [1.54, 1.807) is 31.6 Å². The Morgan fingerprint density at radius 2 is 1.72 bits per heavy atom. The largest absolute Gasteiger partial charge is 0.475 e. The average Bonchev–Trinajstić information content (AvgIpc) is 3.56. The molecule has 39 heavy (non-hydrogen) atoms. The number of hydrogen-bond donors (Lipinski definition) is 1. The van der Waals surface area contributed by atoms with Crippen LogP contribution in [0.2, 0.25) is 0 Å². The number of anilines is 1. The summed E-state index contributed by atoms with van der Waals surface area (Å²) in [6, 6.07) is 20.3. The van der Waals surface area contributed by atoms with E-state index in [1.165, 1.54) is 12.1 Å². The van der Waals surface area contributed by atoms with Crippen LogP contribution in [0.5, 0.6) is 5.88 Å². The third kappa shape index (κ3) is 4.12. The van der Waals surface area contributed by atoms with Gasteiger partial charge in [-0.3, -0.25) is 4.98 Å². The number of halogens is 1. The summed E-state index contributed by atoms with van der Waals surface area (Å²) >= 11 is 0. The predicted octanol–water partition coefficient (Wildman–Crippen LogP) is 5.85. The van der Waals surface area contributed by atoms with Crippen molar-refractivity contribution in [2.75, 3.05) is 19.0 Å². The molecule has 6 aromatic rings. The highest BCUT2D eigenvalue weighted by molar-refractivity contribution is 6.02. The van der Waals surface area contributed by atoms with Crippen LogP contribution in [0.4, 0.5) is 10.3 Å². The second-order valence-electron chi connectivity index (χ2n) is 9.48. The maximum atomic E-state index is 13.7. The summed E-state index contributed by atoms with van der Waals surface area (Å²) in [5, 5.41) is 5.06. The number of rotatable bonds is 6. The minimum Gasteiger partial charge on any atom is -0.475 e. The van der Waals surface area contributed by atoms with E-state index in [-0.39, 0.29) is 11.9 Å². The van der Waals surface area contributed by atoms with Crippen molar-refractivity contribution in [1.29, 1.82) is 0 Å². The van der Waals surface area contributed by atoms with Crippen molar-refractivity contribution in [1.82, 2.24) is 29.5 Å². The molecular formula is C30H24FN7O. The van der Waals surface area contributed by atoms with Crippen LogP contribution in [0.3, 0.4) is 0 Å². The quantitative estimate of drug-likeness (QED) is 0.277. The lowest BCUT2D eigenvalue weighted by molar-refractivity contribution is 0.248. The van der Waals surface area contributed by atoms with Crippen LogP contribution in [0, 0.1) is 5.82 Å². The second-order valence-corrected chi connectivity index (χ2v) is 9.48. The van der Waals surface area contributed by atoms with Crippen molar-refractivity contribution in [3.05, 3.63) is 90.8 Å². The minimum absolute atomic E-state index is 0.0211. The van der Waals surface area contributed by atoms with Gasteiger partial charge in [0.05, 0.1) is 28.6 Å². The van der Waals surface area contributed by atoms with Gasteiger partial charge in [-0.05, 0) is 48.9 Å². The Morgan fingerprint density at radius 3 is 2.56 bits per heavy atom. The Kier molecular flexibility index (Phi) is 5.61. The standard InChI is InChI=1S/C30H24FN7O/c1-32-30-34-16-14-23(35-30)29-28(20-6-9-21(31)10-7-20)36-24-12-11-22(38(24)29)17-39-25-13-8-19-5-4-18-3-2-15-33-26(18)27(19)37-25/h2-10,13-16,22H,11-12,17H2,1H3,(H,32,34,35). The number of imidazole rings is 1. The molecule has 0 amide bonds. The van der Waals surface area contributed by atoms with Crippen molar-refractivity contribution >= 4 is 27.8 Å². The zero-order chi connectivity index (χ0) is 26.3. The average molecular weight is 518 g/mol. The van der Waals surface area contributed by atoms with Crippen molar-refractivity contribution in [3.8, 4) is 28.5 Å². The summed E-state index contributed by atoms with van der Waals surface area (Å²) in [4.78, 5) is 23.3. The van der Waals surface area contributed by atoms with E-state index in [2.05, 4.69) is 32.0 Å². The van der Waals surface area contributed by atoms with Crippen molar-refractivity contribution in [3.63, 3.8) is 0 Å². The number of ether oxygens (including phenoxy) is 1. The molecule has 8 nitrogen and oxygen atoms in total. The van der Waals surface area contributed by atoms with E-state index in [4.69, 9.17) is 19.7 Å². The Hall–Kier alpha value is -4.92. The lowest BCUT2D eigenvalue weighted by Gasteiger charge is -2.18. The fraction of sp³-hybridized carbons (Fsp3) is 0.167. The molecule has 9 heteroatoms. The molecule has 1 N–H and O–H groups in total. The zero-order valence-corrected chi connectivity index (χ0v) is 21.2. The Balaban J connectivity index is 1.26. The van der Waals surface area contributed by atoms with Crippen molar-refractivity contribution < 1.29 is 9.13 Å². The summed E-state index contributed by atoms with van der Waals surface area (Å²) in [6.07, 6.45) is 5.18. The van der Waals surface area contributed by atoms with E-state index in [0.29, 0.717) is 18.4 Å². The van der Waals surface area contributed by atoms with E-state index in [0.717, 1.165) is 63.1 Å². The van der Waals surface area contributed by atoms with Gasteiger partial charge in [0, 0.05) is 48.3 Å². The van der Waals surface area contributed by atoms with Gasteiger partial charge in [-0.1, -0.05) is 18.2 Å². The number of fused-ring (bicyclic) bond motifs is 4. The highest BCUT2D eigenvalue weighted by atomic mass is 19.1. The van der Waals surface area contributed by atoms with Gasteiger partial charge < -0.3 is 14.6 Å². The summed E-state index contributed by atoms with van der Waals surface area (Å²) in [5.41, 5.74) is 4.86. The van der Waals surface area contributed by atoms with E-state index < -0.39 is 0 Å². The maximum Gasteiger partial charge on any atom is 0.222 e. The van der Waals surface area contributed by atoms with Crippen molar-refractivity contribution in [2.45, 2.75) is 18.9 Å². The molecule has 0 radical (unpaired) electrons. The topological polar surface area (TPSA) is 90.6 Å². The molecule has 4 aromatic heterocycles. The molecule has 0 saturated heterocycles. The number of aryl methyl sites for hydroxylation is 1. The Morgan fingerprint density at radius 1 is 0.897 bits per heavy atom. The van der Waals surface area contributed by atoms with Gasteiger partial charge in [0.2, 0.25) is 11.8 Å². The van der Waals surface area contributed by atoms with Crippen LogP contribution >= 0.6 is 0 Å². The van der Waals surface area contributed by atoms with Crippen LogP contribution in [-0.2, 0) is 6.42 Å². The monoisotopic (exact) mass is 517 g/mol. The van der Waals surface area contributed by atoms with Gasteiger partial charge in [-0.2, -0.15) is 0 Å². The molecule has 0 bridgehead atoms. The molecule has 1 atom stereocenters. The molecule has 5 heterocycles. The molecule has 1 aliphatic heterocycles. The first-order valence-corrected chi connectivity index (χ1v) is 12.8. The lowest BCUT2D eigenvalue weighted by atomic mass is 10.1. The number of hydrogen-bond acceptors (Lipinski definition) is 7. The lowest BCUT2D eigenvalue weighted by Crippen LogP contribution is -2.15. The van der Waals surface area contributed by atoms with Crippen molar-refractivity contribution in [2.24, 2.45) is 0 Å². The highest BCUT2D eigenvalue weighted by Crippen LogP contribution is 2.39. The smallest absolute Gasteiger partial charge is 0.222 e. The number of aromatic nitrogens is 6.